The minimum absolute atomic E-state index is 0.0615. The van der Waals surface area contributed by atoms with Crippen molar-refractivity contribution < 1.29 is 19.4 Å². The lowest BCUT2D eigenvalue weighted by atomic mass is 9.84. The number of hydrogen-bond acceptors (Lipinski definition) is 4. The third kappa shape index (κ3) is 7.61. The summed E-state index contributed by atoms with van der Waals surface area (Å²) in [5.41, 5.74) is 0. The van der Waals surface area contributed by atoms with Gasteiger partial charge in [0.2, 0.25) is 0 Å². The molecule has 0 spiro atoms. The summed E-state index contributed by atoms with van der Waals surface area (Å²) in [6.45, 7) is 2.21. The Morgan fingerprint density at radius 1 is 1.17 bits per heavy atom. The number of carbonyl (C=O) groups excluding carboxylic acids is 2. The van der Waals surface area contributed by atoms with Gasteiger partial charge in [-0.3, -0.25) is 9.59 Å². The van der Waals surface area contributed by atoms with E-state index in [1.54, 1.807) is 6.08 Å². The number of rotatable bonds is 13. The number of methoxy groups -OCH3 is 1. The van der Waals surface area contributed by atoms with Crippen LogP contribution < -0.4 is 0 Å². The maximum atomic E-state index is 12.1. The Morgan fingerprint density at radius 3 is 2.58 bits per heavy atom. The van der Waals surface area contributed by atoms with Gasteiger partial charge >= 0.3 is 5.97 Å². The van der Waals surface area contributed by atoms with Crippen molar-refractivity contribution in [2.24, 2.45) is 11.8 Å². The minimum Gasteiger partial charge on any atom is -0.469 e. The predicted molar refractivity (Wildman–Crippen MR) is 95.6 cm³/mol. The van der Waals surface area contributed by atoms with Gasteiger partial charge in [-0.15, -0.1) is 0 Å². The van der Waals surface area contributed by atoms with Crippen LogP contribution in [0.2, 0.25) is 0 Å². The largest absolute Gasteiger partial charge is 0.469 e. The van der Waals surface area contributed by atoms with Crippen LogP contribution in [0.25, 0.3) is 0 Å². The quantitative estimate of drug-likeness (QED) is 0.404. The summed E-state index contributed by atoms with van der Waals surface area (Å²) >= 11 is 0. The first-order valence-electron chi connectivity index (χ1n) is 9.57. The third-order valence-electron chi connectivity index (χ3n) is 4.96. The Balaban J connectivity index is 2.27. The average Bonchev–Trinajstić information content (AvgIpc) is 2.95. The van der Waals surface area contributed by atoms with Gasteiger partial charge in [0.25, 0.3) is 0 Å². The number of aliphatic hydroxyl groups is 1. The van der Waals surface area contributed by atoms with Crippen molar-refractivity contribution in [1.82, 2.24) is 0 Å². The van der Waals surface area contributed by atoms with E-state index >= 15 is 0 Å². The van der Waals surface area contributed by atoms with Crippen LogP contribution in [0.15, 0.2) is 12.2 Å². The van der Waals surface area contributed by atoms with Crippen LogP contribution in [-0.4, -0.2) is 30.1 Å². The average molecular weight is 338 g/mol. The summed E-state index contributed by atoms with van der Waals surface area (Å²) in [6, 6.07) is 0. The molecule has 24 heavy (non-hydrogen) atoms. The summed E-state index contributed by atoms with van der Waals surface area (Å²) in [7, 11) is 1.38. The zero-order valence-electron chi connectivity index (χ0n) is 15.3. The molecule has 0 aromatic heterocycles. The monoisotopic (exact) mass is 338 g/mol. The number of ether oxygens (including phenoxy) is 1. The smallest absolute Gasteiger partial charge is 0.305 e. The summed E-state index contributed by atoms with van der Waals surface area (Å²) < 4.78 is 4.60. The van der Waals surface area contributed by atoms with Crippen molar-refractivity contribution in [2.45, 2.75) is 83.7 Å². The molecule has 0 radical (unpaired) electrons. The van der Waals surface area contributed by atoms with Gasteiger partial charge in [0.15, 0.2) is 5.78 Å². The van der Waals surface area contributed by atoms with Crippen LogP contribution >= 0.6 is 0 Å². The first-order valence-corrected chi connectivity index (χ1v) is 9.57. The topological polar surface area (TPSA) is 63.6 Å². The molecule has 138 valence electrons. The van der Waals surface area contributed by atoms with Crippen LogP contribution in [0.4, 0.5) is 0 Å². The lowest BCUT2D eigenvalue weighted by Gasteiger charge is -2.23. The summed E-state index contributed by atoms with van der Waals surface area (Å²) in [5, 5.41) is 10.4. The molecular formula is C20H34O4. The van der Waals surface area contributed by atoms with E-state index in [9.17, 15) is 14.7 Å². The number of unbranched alkanes of at least 4 members (excludes halogenated alkanes) is 6. The molecule has 1 N–H and O–H groups in total. The fraction of sp³-hybridized carbons (Fsp3) is 0.800. The fourth-order valence-electron chi connectivity index (χ4n) is 3.48. The standard InChI is InChI=1S/C20H34O4/c1-3-4-5-6-7-8-11-16-14-15-18(22)20(16)17(21)12-9-10-13-19(23)24-2/h14-17,20-21H,3-13H2,1-2H3/t16-,17?,20?/m1/s1. The van der Waals surface area contributed by atoms with Crippen LogP contribution in [0.5, 0.6) is 0 Å². The molecule has 4 nitrogen and oxygen atoms in total. The van der Waals surface area contributed by atoms with Crippen LogP contribution in [0.3, 0.4) is 0 Å². The Morgan fingerprint density at radius 2 is 1.88 bits per heavy atom. The van der Waals surface area contributed by atoms with Crippen molar-refractivity contribution in [3.05, 3.63) is 12.2 Å². The molecule has 1 aliphatic rings. The Hall–Kier alpha value is -1.16. The Labute approximate surface area is 146 Å². The van der Waals surface area contributed by atoms with Crippen LogP contribution in [-0.2, 0) is 14.3 Å². The normalized spacial score (nSPS) is 21.2. The number of hydrogen-bond donors (Lipinski definition) is 1. The maximum Gasteiger partial charge on any atom is 0.305 e. The first kappa shape index (κ1) is 20.9. The summed E-state index contributed by atoms with van der Waals surface area (Å²) in [5.74, 6) is -0.256. The molecule has 4 heteroatoms. The van der Waals surface area contributed by atoms with E-state index < -0.39 is 6.10 Å². The van der Waals surface area contributed by atoms with Crippen molar-refractivity contribution in [3.8, 4) is 0 Å². The van der Waals surface area contributed by atoms with Gasteiger partial charge in [-0.25, -0.2) is 0 Å². The fourth-order valence-corrected chi connectivity index (χ4v) is 3.48. The lowest BCUT2D eigenvalue weighted by molar-refractivity contribution is -0.140. The predicted octanol–water partition coefficient (Wildman–Crippen LogP) is 4.20. The van der Waals surface area contributed by atoms with Gasteiger partial charge < -0.3 is 9.84 Å². The van der Waals surface area contributed by atoms with Gasteiger partial charge in [0.05, 0.1) is 19.1 Å². The molecule has 0 fully saturated rings. The summed E-state index contributed by atoms with van der Waals surface area (Å²) in [4.78, 5) is 23.1. The maximum absolute atomic E-state index is 12.1. The molecular weight excluding hydrogens is 304 g/mol. The molecule has 0 aliphatic heterocycles. The number of ketones is 1. The van der Waals surface area contributed by atoms with Gasteiger partial charge in [0, 0.05) is 6.42 Å². The van der Waals surface area contributed by atoms with Crippen molar-refractivity contribution in [2.75, 3.05) is 7.11 Å². The molecule has 0 bridgehead atoms. The van der Waals surface area contributed by atoms with E-state index in [0.29, 0.717) is 19.3 Å². The molecule has 0 saturated heterocycles. The van der Waals surface area contributed by atoms with Crippen LogP contribution in [0.1, 0.15) is 77.6 Å². The van der Waals surface area contributed by atoms with E-state index in [4.69, 9.17) is 0 Å². The van der Waals surface area contributed by atoms with Gasteiger partial charge in [-0.2, -0.15) is 0 Å². The molecule has 1 aliphatic carbocycles. The molecule has 0 amide bonds. The van der Waals surface area contributed by atoms with Crippen molar-refractivity contribution >= 4 is 11.8 Å². The zero-order chi connectivity index (χ0) is 17.8. The van der Waals surface area contributed by atoms with E-state index in [1.807, 2.05) is 6.08 Å². The number of esters is 1. The van der Waals surface area contributed by atoms with Gasteiger partial charge in [0.1, 0.15) is 0 Å². The number of allylic oxidation sites excluding steroid dienone is 2. The van der Waals surface area contributed by atoms with Gasteiger partial charge in [-0.05, 0) is 31.3 Å². The highest BCUT2D eigenvalue weighted by molar-refractivity contribution is 5.95. The van der Waals surface area contributed by atoms with E-state index in [2.05, 4.69) is 11.7 Å². The van der Waals surface area contributed by atoms with Crippen LogP contribution in [0, 0.1) is 11.8 Å². The van der Waals surface area contributed by atoms with Gasteiger partial charge in [-0.1, -0.05) is 57.9 Å². The second kappa shape index (κ2) is 12.2. The van der Waals surface area contributed by atoms with E-state index in [-0.39, 0.29) is 23.6 Å². The Kier molecular flexibility index (Phi) is 10.6. The second-order valence-electron chi connectivity index (χ2n) is 6.90. The second-order valence-corrected chi connectivity index (χ2v) is 6.90. The molecule has 2 unspecified atom stereocenters. The third-order valence-corrected chi connectivity index (χ3v) is 4.96. The highest BCUT2D eigenvalue weighted by atomic mass is 16.5. The van der Waals surface area contributed by atoms with E-state index in [0.717, 1.165) is 19.3 Å². The Bertz CT molecular complexity index is 402. The molecule has 0 saturated carbocycles. The molecule has 0 aromatic rings. The number of carbonyl (C=O) groups is 2. The molecule has 1 rings (SSSR count). The van der Waals surface area contributed by atoms with Crippen molar-refractivity contribution in [3.63, 3.8) is 0 Å². The number of aliphatic hydroxyl groups excluding tert-OH is 1. The highest BCUT2D eigenvalue weighted by Gasteiger charge is 2.35. The minimum atomic E-state index is -0.602. The lowest BCUT2D eigenvalue weighted by Crippen LogP contribution is -2.30. The SMILES string of the molecule is CCCCCCCC[C@@H]1C=CC(=O)C1C(O)CCCCC(=O)OC. The highest BCUT2D eigenvalue weighted by Crippen LogP contribution is 2.32. The molecule has 0 aromatic carbocycles. The first-order chi connectivity index (χ1) is 11.6. The summed E-state index contributed by atoms with van der Waals surface area (Å²) in [6.07, 6.45) is 13.8. The molecule has 3 atom stereocenters. The molecule has 0 heterocycles. The van der Waals surface area contributed by atoms with E-state index in [1.165, 1.54) is 39.2 Å². The van der Waals surface area contributed by atoms with Crippen molar-refractivity contribution in [1.29, 1.82) is 0 Å². The zero-order valence-corrected chi connectivity index (χ0v) is 15.3.